The first-order valence-corrected chi connectivity index (χ1v) is 5.10. The summed E-state index contributed by atoms with van der Waals surface area (Å²) in [4.78, 5) is 7.95. The number of benzene rings is 1. The maximum atomic E-state index is 3.97. The Hall–Kier alpha value is -2.22. The van der Waals surface area contributed by atoms with Crippen LogP contribution in [0.1, 0.15) is 0 Å². The van der Waals surface area contributed by atoms with Crippen molar-refractivity contribution in [2.45, 2.75) is 0 Å². The molecule has 0 atom stereocenters. The first-order valence-electron chi connectivity index (χ1n) is 5.10. The molecule has 0 aliphatic carbocycles. The van der Waals surface area contributed by atoms with Crippen LogP contribution in [0, 0.1) is 0 Å². The van der Waals surface area contributed by atoms with Gasteiger partial charge in [0.25, 0.3) is 0 Å². The predicted octanol–water partition coefficient (Wildman–Crippen LogP) is 3.32. The van der Waals surface area contributed by atoms with Crippen molar-refractivity contribution in [2.75, 3.05) is 0 Å². The lowest BCUT2D eigenvalue weighted by Crippen LogP contribution is -1.74. The van der Waals surface area contributed by atoms with Crippen molar-refractivity contribution >= 4 is 10.8 Å². The standard InChI is InChI=1S/C8H6N2.C6H6/c1-3-9-5-8-6-10-4-2-7(1)8;1-2-4-6-5-3-1/h1-6H;1-6H. The number of nitrogens with zero attached hydrogens (tertiary/aromatic N) is 2. The minimum atomic E-state index is 1.09. The van der Waals surface area contributed by atoms with Crippen molar-refractivity contribution in [3.05, 3.63) is 73.3 Å². The van der Waals surface area contributed by atoms with Gasteiger partial charge in [0.05, 0.1) is 0 Å². The van der Waals surface area contributed by atoms with Crippen LogP contribution in [0.25, 0.3) is 10.8 Å². The Kier molecular flexibility index (Phi) is 3.61. The van der Waals surface area contributed by atoms with Gasteiger partial charge in [-0.3, -0.25) is 9.97 Å². The number of fused-ring (bicyclic) bond motifs is 1. The van der Waals surface area contributed by atoms with Crippen LogP contribution in [-0.2, 0) is 0 Å². The van der Waals surface area contributed by atoms with Crippen LogP contribution in [-0.4, -0.2) is 9.97 Å². The van der Waals surface area contributed by atoms with Gasteiger partial charge in [0.2, 0.25) is 0 Å². The first kappa shape index (κ1) is 10.3. The van der Waals surface area contributed by atoms with E-state index >= 15 is 0 Å². The minimum Gasteiger partial charge on any atom is -0.264 e. The highest BCUT2D eigenvalue weighted by Crippen LogP contribution is 2.07. The Labute approximate surface area is 94.6 Å². The Morgan fingerprint density at radius 3 is 1.38 bits per heavy atom. The van der Waals surface area contributed by atoms with Crippen LogP contribution in [0.15, 0.2) is 73.3 Å². The molecule has 0 N–H and O–H groups in total. The molecule has 3 aromatic rings. The predicted molar refractivity (Wildman–Crippen MR) is 66.0 cm³/mol. The quantitative estimate of drug-likeness (QED) is 0.566. The fourth-order valence-electron chi connectivity index (χ4n) is 1.31. The second-order valence-corrected chi connectivity index (χ2v) is 3.25. The molecular formula is C14H12N2. The van der Waals surface area contributed by atoms with Gasteiger partial charge in [-0.05, 0) is 17.5 Å². The lowest BCUT2D eigenvalue weighted by molar-refractivity contribution is 1.32. The van der Waals surface area contributed by atoms with Crippen LogP contribution in [0.4, 0.5) is 0 Å². The Morgan fingerprint density at radius 1 is 0.562 bits per heavy atom. The molecule has 0 fully saturated rings. The summed E-state index contributed by atoms with van der Waals surface area (Å²) in [6, 6.07) is 15.9. The van der Waals surface area contributed by atoms with Crippen LogP contribution in [0.2, 0.25) is 0 Å². The van der Waals surface area contributed by atoms with Crippen molar-refractivity contribution < 1.29 is 0 Å². The maximum absolute atomic E-state index is 3.97. The molecule has 2 aromatic heterocycles. The fourth-order valence-corrected chi connectivity index (χ4v) is 1.31. The molecule has 0 unspecified atom stereocenters. The van der Waals surface area contributed by atoms with Gasteiger partial charge in [0.15, 0.2) is 0 Å². The molecule has 0 saturated heterocycles. The average molecular weight is 208 g/mol. The molecular weight excluding hydrogens is 196 g/mol. The molecule has 2 heterocycles. The number of aromatic nitrogens is 2. The van der Waals surface area contributed by atoms with E-state index in [1.54, 1.807) is 12.4 Å². The molecule has 2 heteroatoms. The first-order chi connectivity index (χ1) is 7.97. The number of hydrogen-bond donors (Lipinski definition) is 0. The van der Waals surface area contributed by atoms with Gasteiger partial charge in [0.1, 0.15) is 0 Å². The van der Waals surface area contributed by atoms with Gasteiger partial charge in [0, 0.05) is 30.2 Å². The molecule has 16 heavy (non-hydrogen) atoms. The zero-order chi connectivity index (χ0) is 11.1. The Balaban J connectivity index is 0.000000138. The van der Waals surface area contributed by atoms with Crippen LogP contribution >= 0.6 is 0 Å². The summed E-state index contributed by atoms with van der Waals surface area (Å²) in [6.07, 6.45) is 7.18. The highest BCUT2D eigenvalue weighted by atomic mass is 14.6. The van der Waals surface area contributed by atoms with E-state index in [4.69, 9.17) is 0 Å². The zero-order valence-electron chi connectivity index (χ0n) is 8.82. The second-order valence-electron chi connectivity index (χ2n) is 3.25. The maximum Gasteiger partial charge on any atom is 0.0361 e. The minimum absolute atomic E-state index is 1.09. The van der Waals surface area contributed by atoms with Crippen molar-refractivity contribution in [1.82, 2.24) is 9.97 Å². The van der Waals surface area contributed by atoms with Crippen molar-refractivity contribution in [3.8, 4) is 0 Å². The van der Waals surface area contributed by atoms with E-state index in [0.29, 0.717) is 0 Å². The normalized spacial score (nSPS) is 9.25. The monoisotopic (exact) mass is 208 g/mol. The third kappa shape index (κ3) is 2.89. The van der Waals surface area contributed by atoms with Gasteiger partial charge >= 0.3 is 0 Å². The SMILES string of the molecule is c1cc2ccncc2cn1.c1ccccc1. The summed E-state index contributed by atoms with van der Waals surface area (Å²) in [5.74, 6) is 0. The van der Waals surface area contributed by atoms with Gasteiger partial charge in [-0.15, -0.1) is 0 Å². The summed E-state index contributed by atoms with van der Waals surface area (Å²) < 4.78 is 0. The van der Waals surface area contributed by atoms with Gasteiger partial charge in [-0.25, -0.2) is 0 Å². The smallest absolute Gasteiger partial charge is 0.0361 e. The van der Waals surface area contributed by atoms with E-state index in [1.165, 1.54) is 5.39 Å². The molecule has 0 aliphatic rings. The van der Waals surface area contributed by atoms with Crippen molar-refractivity contribution in [2.24, 2.45) is 0 Å². The van der Waals surface area contributed by atoms with Crippen molar-refractivity contribution in [1.29, 1.82) is 0 Å². The van der Waals surface area contributed by atoms with Crippen LogP contribution < -0.4 is 0 Å². The second kappa shape index (κ2) is 5.61. The molecule has 0 amide bonds. The molecule has 2 nitrogen and oxygen atoms in total. The van der Waals surface area contributed by atoms with Gasteiger partial charge in [-0.2, -0.15) is 0 Å². The summed E-state index contributed by atoms with van der Waals surface area (Å²) in [5, 5.41) is 2.27. The molecule has 0 radical (unpaired) electrons. The topological polar surface area (TPSA) is 25.8 Å². The molecule has 3 rings (SSSR count). The van der Waals surface area contributed by atoms with Crippen LogP contribution in [0.5, 0.6) is 0 Å². The molecule has 78 valence electrons. The van der Waals surface area contributed by atoms with Crippen LogP contribution in [0.3, 0.4) is 0 Å². The summed E-state index contributed by atoms with van der Waals surface area (Å²) in [7, 11) is 0. The summed E-state index contributed by atoms with van der Waals surface area (Å²) in [6.45, 7) is 0. The van der Waals surface area contributed by atoms with E-state index in [0.717, 1.165) is 5.39 Å². The summed E-state index contributed by atoms with van der Waals surface area (Å²) >= 11 is 0. The van der Waals surface area contributed by atoms with E-state index in [-0.39, 0.29) is 0 Å². The van der Waals surface area contributed by atoms with E-state index in [1.807, 2.05) is 60.9 Å². The lowest BCUT2D eigenvalue weighted by Gasteiger charge is -1.91. The van der Waals surface area contributed by atoms with E-state index < -0.39 is 0 Å². The third-order valence-electron chi connectivity index (χ3n) is 2.11. The third-order valence-corrected chi connectivity index (χ3v) is 2.11. The highest BCUT2D eigenvalue weighted by molar-refractivity contribution is 5.79. The Morgan fingerprint density at radius 2 is 1.00 bits per heavy atom. The molecule has 0 saturated carbocycles. The van der Waals surface area contributed by atoms with Crippen molar-refractivity contribution in [3.63, 3.8) is 0 Å². The molecule has 0 spiro atoms. The molecule has 0 bridgehead atoms. The van der Waals surface area contributed by atoms with E-state index in [9.17, 15) is 0 Å². The number of pyridine rings is 2. The fraction of sp³-hybridized carbons (Fsp3) is 0. The number of hydrogen-bond acceptors (Lipinski definition) is 2. The van der Waals surface area contributed by atoms with Gasteiger partial charge in [-0.1, -0.05) is 36.4 Å². The lowest BCUT2D eigenvalue weighted by atomic mass is 10.2. The summed E-state index contributed by atoms with van der Waals surface area (Å²) in [5.41, 5.74) is 0. The van der Waals surface area contributed by atoms with E-state index in [2.05, 4.69) is 9.97 Å². The average Bonchev–Trinajstić information content (AvgIpc) is 2.42. The highest BCUT2D eigenvalue weighted by Gasteiger charge is 1.87. The largest absolute Gasteiger partial charge is 0.264 e. The molecule has 0 aliphatic heterocycles. The van der Waals surface area contributed by atoms with Gasteiger partial charge < -0.3 is 0 Å². The molecule has 1 aromatic carbocycles. The Bertz CT molecular complexity index is 443. The number of rotatable bonds is 0. The zero-order valence-corrected chi connectivity index (χ0v) is 8.82.